The Morgan fingerprint density at radius 3 is 2.56 bits per heavy atom. The second kappa shape index (κ2) is 6.41. The minimum absolute atomic E-state index is 0.268. The fourth-order valence-corrected chi connectivity index (χ4v) is 2.79. The zero-order valence-electron chi connectivity index (χ0n) is 9.50. The number of hydrogen-bond acceptors (Lipinski definition) is 2. The van der Waals surface area contributed by atoms with E-state index in [-0.39, 0.29) is 6.54 Å². The molecule has 1 aromatic carbocycles. The average molecular weight is 332 g/mol. The van der Waals surface area contributed by atoms with Crippen LogP contribution < -0.4 is 5.32 Å². The Labute approximate surface area is 117 Å². The van der Waals surface area contributed by atoms with E-state index in [0.29, 0.717) is 6.54 Å². The summed E-state index contributed by atoms with van der Waals surface area (Å²) < 4.78 is 25.2. The second-order valence-electron chi connectivity index (χ2n) is 3.84. The predicted octanol–water partition coefficient (Wildman–Crippen LogP) is 4.53. The van der Waals surface area contributed by atoms with Crippen molar-refractivity contribution in [1.82, 2.24) is 5.32 Å². The molecule has 0 atom stereocenters. The van der Waals surface area contributed by atoms with E-state index in [4.69, 9.17) is 0 Å². The minimum Gasteiger partial charge on any atom is -0.307 e. The van der Waals surface area contributed by atoms with E-state index in [1.165, 1.54) is 0 Å². The van der Waals surface area contributed by atoms with E-state index in [1.807, 2.05) is 35.0 Å². The first-order chi connectivity index (χ1) is 8.66. The van der Waals surface area contributed by atoms with Crippen LogP contribution in [0.2, 0.25) is 0 Å². The Morgan fingerprint density at radius 1 is 1.17 bits per heavy atom. The third-order valence-electron chi connectivity index (χ3n) is 2.51. The van der Waals surface area contributed by atoms with Crippen LogP contribution in [0.25, 0.3) is 11.1 Å². The lowest BCUT2D eigenvalue weighted by Crippen LogP contribution is -2.20. The highest BCUT2D eigenvalue weighted by Crippen LogP contribution is 2.28. The number of nitrogens with one attached hydrogen (secondary N) is 1. The van der Waals surface area contributed by atoms with Crippen molar-refractivity contribution in [3.63, 3.8) is 0 Å². The van der Waals surface area contributed by atoms with Crippen LogP contribution >= 0.6 is 27.3 Å². The van der Waals surface area contributed by atoms with Crippen molar-refractivity contribution in [2.24, 2.45) is 0 Å². The quantitative estimate of drug-likeness (QED) is 0.848. The molecule has 96 valence electrons. The van der Waals surface area contributed by atoms with Crippen LogP contribution in [0.1, 0.15) is 5.56 Å². The molecule has 0 amide bonds. The van der Waals surface area contributed by atoms with Crippen LogP contribution in [0.15, 0.2) is 39.5 Å². The molecular weight excluding hydrogens is 320 g/mol. The third kappa shape index (κ3) is 3.60. The van der Waals surface area contributed by atoms with Crippen molar-refractivity contribution in [2.75, 3.05) is 6.54 Å². The summed E-state index contributed by atoms with van der Waals surface area (Å²) in [6.07, 6.45) is -2.31. The number of hydrogen-bond donors (Lipinski definition) is 1. The molecule has 1 nitrogen and oxygen atoms in total. The van der Waals surface area contributed by atoms with E-state index in [2.05, 4.69) is 21.2 Å². The topological polar surface area (TPSA) is 12.0 Å². The van der Waals surface area contributed by atoms with E-state index < -0.39 is 6.43 Å². The molecule has 0 aliphatic rings. The van der Waals surface area contributed by atoms with Gasteiger partial charge in [-0.3, -0.25) is 0 Å². The largest absolute Gasteiger partial charge is 0.307 e. The molecule has 1 aromatic heterocycles. The summed E-state index contributed by atoms with van der Waals surface area (Å²) in [7, 11) is 0. The number of halogens is 3. The smallest absolute Gasteiger partial charge is 0.250 e. The molecule has 0 saturated heterocycles. The van der Waals surface area contributed by atoms with Gasteiger partial charge in [0.2, 0.25) is 0 Å². The zero-order valence-corrected chi connectivity index (χ0v) is 11.9. The van der Waals surface area contributed by atoms with E-state index in [1.54, 1.807) is 11.3 Å². The monoisotopic (exact) mass is 331 g/mol. The first-order valence-electron chi connectivity index (χ1n) is 5.46. The molecule has 2 aromatic rings. The molecule has 2 rings (SSSR count). The summed E-state index contributed by atoms with van der Waals surface area (Å²) in [6.45, 7) is 0.203. The van der Waals surface area contributed by atoms with Gasteiger partial charge in [-0.05, 0) is 39.6 Å². The van der Waals surface area contributed by atoms with Gasteiger partial charge < -0.3 is 5.32 Å². The summed E-state index contributed by atoms with van der Waals surface area (Å²) in [5, 5.41) is 6.80. The zero-order chi connectivity index (χ0) is 13.0. The van der Waals surface area contributed by atoms with Crippen LogP contribution in [0.4, 0.5) is 8.78 Å². The lowest BCUT2D eigenvalue weighted by molar-refractivity contribution is 0.145. The van der Waals surface area contributed by atoms with Crippen molar-refractivity contribution >= 4 is 27.3 Å². The van der Waals surface area contributed by atoms with Gasteiger partial charge >= 0.3 is 0 Å². The van der Waals surface area contributed by atoms with Crippen LogP contribution in [0.3, 0.4) is 0 Å². The first kappa shape index (κ1) is 13.6. The Bertz CT molecular complexity index is 496. The lowest BCUT2D eigenvalue weighted by atomic mass is 10.1. The highest BCUT2D eigenvalue weighted by molar-refractivity contribution is 9.10. The number of alkyl halides is 2. The van der Waals surface area contributed by atoms with Gasteiger partial charge in [0, 0.05) is 11.0 Å². The molecule has 1 N–H and O–H groups in total. The van der Waals surface area contributed by atoms with Gasteiger partial charge in [-0.1, -0.05) is 28.1 Å². The summed E-state index contributed by atoms with van der Waals surface area (Å²) in [4.78, 5) is 0. The third-order valence-corrected chi connectivity index (χ3v) is 3.83. The summed E-state index contributed by atoms with van der Waals surface area (Å²) in [6, 6.07) is 7.98. The van der Waals surface area contributed by atoms with Crippen molar-refractivity contribution in [3.8, 4) is 11.1 Å². The van der Waals surface area contributed by atoms with Gasteiger partial charge in [0.25, 0.3) is 6.43 Å². The van der Waals surface area contributed by atoms with E-state index in [9.17, 15) is 8.78 Å². The van der Waals surface area contributed by atoms with Crippen LogP contribution in [0, 0.1) is 0 Å². The highest BCUT2D eigenvalue weighted by atomic mass is 79.9. The first-order valence-corrected chi connectivity index (χ1v) is 7.20. The molecule has 0 fully saturated rings. The van der Waals surface area contributed by atoms with E-state index in [0.717, 1.165) is 21.2 Å². The SMILES string of the molecule is FC(F)CNCc1cscc1-c1ccc(Br)cc1. The maximum absolute atomic E-state index is 12.1. The number of thiophene rings is 1. The molecule has 0 radical (unpaired) electrons. The minimum atomic E-state index is -2.31. The van der Waals surface area contributed by atoms with Gasteiger partial charge in [-0.15, -0.1) is 0 Å². The molecular formula is C13H12BrF2NS. The standard InChI is InChI=1S/C13H12BrF2NS/c14-11-3-1-9(2-4-11)12-8-18-7-10(12)5-17-6-13(15)16/h1-4,7-8,13,17H,5-6H2. The molecule has 0 aliphatic heterocycles. The van der Waals surface area contributed by atoms with Gasteiger partial charge in [0.1, 0.15) is 0 Å². The van der Waals surface area contributed by atoms with Gasteiger partial charge in [0.15, 0.2) is 0 Å². The summed E-state index contributed by atoms with van der Waals surface area (Å²) in [5.41, 5.74) is 3.27. The molecule has 0 spiro atoms. The maximum atomic E-state index is 12.1. The fraction of sp³-hybridized carbons (Fsp3) is 0.231. The predicted molar refractivity (Wildman–Crippen MR) is 75.2 cm³/mol. The normalized spacial score (nSPS) is 11.1. The molecule has 0 aliphatic carbocycles. The van der Waals surface area contributed by atoms with Crippen molar-refractivity contribution in [1.29, 1.82) is 0 Å². The molecule has 18 heavy (non-hydrogen) atoms. The lowest BCUT2D eigenvalue weighted by Gasteiger charge is -2.06. The summed E-state index contributed by atoms with van der Waals surface area (Å²) in [5.74, 6) is 0. The fourth-order valence-electron chi connectivity index (χ4n) is 1.66. The Kier molecular flexibility index (Phi) is 4.86. The molecule has 5 heteroatoms. The second-order valence-corrected chi connectivity index (χ2v) is 5.50. The van der Waals surface area contributed by atoms with Crippen LogP contribution in [0.5, 0.6) is 0 Å². The van der Waals surface area contributed by atoms with Crippen LogP contribution in [-0.4, -0.2) is 13.0 Å². The summed E-state index contributed by atoms with van der Waals surface area (Å²) >= 11 is 4.98. The Morgan fingerprint density at radius 2 is 1.89 bits per heavy atom. The van der Waals surface area contributed by atoms with Crippen molar-refractivity contribution in [3.05, 3.63) is 45.1 Å². The van der Waals surface area contributed by atoms with E-state index >= 15 is 0 Å². The molecule has 0 unspecified atom stereocenters. The number of rotatable bonds is 5. The van der Waals surface area contributed by atoms with Crippen molar-refractivity contribution < 1.29 is 8.78 Å². The Hall–Kier alpha value is -0.780. The molecule has 1 heterocycles. The maximum Gasteiger partial charge on any atom is 0.250 e. The van der Waals surface area contributed by atoms with Crippen molar-refractivity contribution in [2.45, 2.75) is 13.0 Å². The Balaban J connectivity index is 2.10. The van der Waals surface area contributed by atoms with Gasteiger partial charge in [-0.25, -0.2) is 8.78 Å². The van der Waals surface area contributed by atoms with Gasteiger partial charge in [-0.2, -0.15) is 11.3 Å². The molecule has 0 saturated carbocycles. The average Bonchev–Trinajstić information content (AvgIpc) is 2.78. The highest BCUT2D eigenvalue weighted by Gasteiger charge is 2.07. The molecule has 0 bridgehead atoms. The van der Waals surface area contributed by atoms with Crippen LogP contribution in [-0.2, 0) is 6.54 Å². The number of benzene rings is 1. The van der Waals surface area contributed by atoms with Gasteiger partial charge in [0.05, 0.1) is 6.54 Å².